The average Bonchev–Trinajstić information content (AvgIpc) is 2.53. The van der Waals surface area contributed by atoms with Crippen LogP contribution < -0.4 is 11.3 Å². The maximum absolute atomic E-state index is 5.69. The molecule has 3 N–H and O–H groups in total. The first kappa shape index (κ1) is 12.9. The molecule has 2 aromatic rings. The Morgan fingerprint density at radius 1 is 1.00 bits per heavy atom. The molecule has 3 rings (SSSR count). The van der Waals surface area contributed by atoms with Crippen LogP contribution in [-0.4, -0.2) is 5.84 Å². The molecule has 20 heavy (non-hydrogen) atoms. The summed E-state index contributed by atoms with van der Waals surface area (Å²) in [6.07, 6.45) is 3.19. The standard InChI is InChI=1S/C17H19N3/c18-20-17(19-16-8-2-1-3-9-16)15-11-10-13-6-4-5-7-14(13)12-15/h1-9,15H,10-12,18H2,(H,19,20). The smallest absolute Gasteiger partial charge is 0.120 e. The van der Waals surface area contributed by atoms with Gasteiger partial charge in [-0.3, -0.25) is 0 Å². The molecule has 0 amide bonds. The van der Waals surface area contributed by atoms with Crippen LogP contribution in [0.4, 0.5) is 5.69 Å². The second-order valence-corrected chi connectivity index (χ2v) is 5.19. The summed E-state index contributed by atoms with van der Waals surface area (Å²) in [7, 11) is 0. The van der Waals surface area contributed by atoms with Crippen molar-refractivity contribution in [3.63, 3.8) is 0 Å². The summed E-state index contributed by atoms with van der Waals surface area (Å²) in [5.74, 6) is 6.94. The van der Waals surface area contributed by atoms with E-state index in [1.54, 1.807) is 0 Å². The van der Waals surface area contributed by atoms with Crippen LogP contribution in [0.2, 0.25) is 0 Å². The third-order valence-corrected chi connectivity index (χ3v) is 3.89. The Kier molecular flexibility index (Phi) is 3.79. The molecular formula is C17H19N3. The van der Waals surface area contributed by atoms with E-state index in [2.05, 4.69) is 34.7 Å². The van der Waals surface area contributed by atoms with Gasteiger partial charge in [-0.15, -0.1) is 0 Å². The monoisotopic (exact) mass is 265 g/mol. The minimum atomic E-state index is 0.370. The third kappa shape index (κ3) is 2.73. The topological polar surface area (TPSA) is 50.4 Å². The van der Waals surface area contributed by atoms with Gasteiger partial charge in [0.05, 0.1) is 5.69 Å². The number of fused-ring (bicyclic) bond motifs is 1. The zero-order chi connectivity index (χ0) is 13.8. The van der Waals surface area contributed by atoms with Gasteiger partial charge >= 0.3 is 0 Å². The summed E-state index contributed by atoms with van der Waals surface area (Å²) >= 11 is 0. The van der Waals surface area contributed by atoms with Crippen molar-refractivity contribution >= 4 is 11.5 Å². The molecule has 0 aromatic heterocycles. The number of nitrogens with zero attached hydrogens (tertiary/aromatic N) is 1. The van der Waals surface area contributed by atoms with Crippen molar-refractivity contribution < 1.29 is 0 Å². The largest absolute Gasteiger partial charge is 0.312 e. The number of benzene rings is 2. The molecule has 3 nitrogen and oxygen atoms in total. The maximum Gasteiger partial charge on any atom is 0.120 e. The molecule has 0 radical (unpaired) electrons. The lowest BCUT2D eigenvalue weighted by Crippen LogP contribution is -2.38. The summed E-state index contributed by atoms with van der Waals surface area (Å²) in [6.45, 7) is 0. The van der Waals surface area contributed by atoms with Crippen LogP contribution in [0, 0.1) is 5.92 Å². The van der Waals surface area contributed by atoms with Gasteiger partial charge in [0, 0.05) is 5.92 Å². The Balaban J connectivity index is 1.83. The highest BCUT2D eigenvalue weighted by molar-refractivity contribution is 5.87. The fraction of sp³-hybridized carbons (Fsp3) is 0.235. The number of hydrogen-bond donors (Lipinski definition) is 2. The van der Waals surface area contributed by atoms with Gasteiger partial charge in [0.25, 0.3) is 0 Å². The second kappa shape index (κ2) is 5.88. The van der Waals surface area contributed by atoms with E-state index in [1.807, 2.05) is 30.3 Å². The molecule has 1 atom stereocenters. The van der Waals surface area contributed by atoms with Gasteiger partial charge in [0.2, 0.25) is 0 Å². The zero-order valence-corrected chi connectivity index (χ0v) is 11.4. The van der Waals surface area contributed by atoms with E-state index in [0.717, 1.165) is 30.8 Å². The van der Waals surface area contributed by atoms with E-state index < -0.39 is 0 Å². The summed E-state index contributed by atoms with van der Waals surface area (Å²) in [5, 5.41) is 0. The normalized spacial score (nSPS) is 18.4. The van der Waals surface area contributed by atoms with Gasteiger partial charge in [-0.05, 0) is 42.5 Å². The molecular weight excluding hydrogens is 246 g/mol. The number of aryl methyl sites for hydroxylation is 1. The predicted octanol–water partition coefficient (Wildman–Crippen LogP) is 2.99. The highest BCUT2D eigenvalue weighted by atomic mass is 15.3. The van der Waals surface area contributed by atoms with E-state index in [9.17, 15) is 0 Å². The molecule has 1 unspecified atom stereocenters. The van der Waals surface area contributed by atoms with Crippen molar-refractivity contribution in [2.24, 2.45) is 16.8 Å². The lowest BCUT2D eigenvalue weighted by Gasteiger charge is -2.25. The Morgan fingerprint density at radius 2 is 1.70 bits per heavy atom. The first-order chi connectivity index (χ1) is 9.86. The van der Waals surface area contributed by atoms with Crippen LogP contribution in [0.5, 0.6) is 0 Å². The van der Waals surface area contributed by atoms with Crippen molar-refractivity contribution in [2.75, 3.05) is 0 Å². The lowest BCUT2D eigenvalue weighted by atomic mass is 9.83. The maximum atomic E-state index is 5.69. The molecule has 0 aliphatic heterocycles. The van der Waals surface area contributed by atoms with Crippen molar-refractivity contribution in [1.29, 1.82) is 0 Å². The first-order valence-corrected chi connectivity index (χ1v) is 7.04. The summed E-state index contributed by atoms with van der Waals surface area (Å²) in [4.78, 5) is 4.65. The predicted molar refractivity (Wildman–Crippen MR) is 82.8 cm³/mol. The minimum Gasteiger partial charge on any atom is -0.312 e. The average molecular weight is 265 g/mol. The molecule has 0 fully saturated rings. The number of rotatable bonds is 2. The SMILES string of the molecule is NNC(=Nc1ccccc1)C1CCc2ccccc2C1. The Labute approximate surface area is 119 Å². The molecule has 0 spiro atoms. The van der Waals surface area contributed by atoms with E-state index in [-0.39, 0.29) is 0 Å². The van der Waals surface area contributed by atoms with E-state index in [1.165, 1.54) is 11.1 Å². The first-order valence-electron chi connectivity index (χ1n) is 7.04. The van der Waals surface area contributed by atoms with Gasteiger partial charge < -0.3 is 5.43 Å². The molecule has 3 heteroatoms. The van der Waals surface area contributed by atoms with Crippen LogP contribution in [0.25, 0.3) is 0 Å². The lowest BCUT2D eigenvalue weighted by molar-refractivity contribution is 0.568. The van der Waals surface area contributed by atoms with Gasteiger partial charge in [-0.2, -0.15) is 0 Å². The van der Waals surface area contributed by atoms with Crippen LogP contribution in [0.3, 0.4) is 0 Å². The number of para-hydroxylation sites is 1. The van der Waals surface area contributed by atoms with Crippen molar-refractivity contribution in [3.8, 4) is 0 Å². The summed E-state index contributed by atoms with van der Waals surface area (Å²) in [6, 6.07) is 18.6. The highest BCUT2D eigenvalue weighted by Gasteiger charge is 2.22. The van der Waals surface area contributed by atoms with E-state index in [4.69, 9.17) is 5.84 Å². The Hall–Kier alpha value is -2.13. The quantitative estimate of drug-likeness (QED) is 0.379. The summed E-state index contributed by atoms with van der Waals surface area (Å²) in [5.41, 5.74) is 6.62. The molecule has 1 aliphatic rings. The molecule has 0 heterocycles. The van der Waals surface area contributed by atoms with Gasteiger partial charge in [0.1, 0.15) is 5.84 Å². The van der Waals surface area contributed by atoms with E-state index >= 15 is 0 Å². The number of hydrazine groups is 1. The van der Waals surface area contributed by atoms with Crippen molar-refractivity contribution in [3.05, 3.63) is 65.7 Å². The number of aliphatic imine (C=N–C) groups is 1. The van der Waals surface area contributed by atoms with Gasteiger partial charge in [-0.25, -0.2) is 10.8 Å². The number of hydrogen-bond acceptors (Lipinski definition) is 2. The molecule has 0 bridgehead atoms. The fourth-order valence-corrected chi connectivity index (χ4v) is 2.81. The number of nitrogens with two attached hydrogens (primary N) is 1. The molecule has 0 saturated heterocycles. The third-order valence-electron chi connectivity index (χ3n) is 3.89. The van der Waals surface area contributed by atoms with Crippen molar-refractivity contribution in [1.82, 2.24) is 5.43 Å². The zero-order valence-electron chi connectivity index (χ0n) is 11.4. The second-order valence-electron chi connectivity index (χ2n) is 5.19. The molecule has 1 aliphatic carbocycles. The van der Waals surface area contributed by atoms with E-state index in [0.29, 0.717) is 5.92 Å². The number of amidine groups is 1. The molecule has 102 valence electrons. The highest BCUT2D eigenvalue weighted by Crippen LogP contribution is 2.26. The van der Waals surface area contributed by atoms with Crippen LogP contribution in [0.1, 0.15) is 17.5 Å². The molecule has 2 aromatic carbocycles. The van der Waals surface area contributed by atoms with Crippen LogP contribution in [0.15, 0.2) is 59.6 Å². The van der Waals surface area contributed by atoms with Gasteiger partial charge in [-0.1, -0.05) is 42.5 Å². The fourth-order valence-electron chi connectivity index (χ4n) is 2.81. The van der Waals surface area contributed by atoms with Gasteiger partial charge in [0.15, 0.2) is 0 Å². The minimum absolute atomic E-state index is 0.370. The van der Waals surface area contributed by atoms with Crippen LogP contribution >= 0.6 is 0 Å². The van der Waals surface area contributed by atoms with Crippen LogP contribution in [-0.2, 0) is 12.8 Å². The Morgan fingerprint density at radius 3 is 2.45 bits per heavy atom. The summed E-state index contributed by atoms with van der Waals surface area (Å²) < 4.78 is 0. The molecule has 0 saturated carbocycles. The Bertz CT molecular complexity index is 605. The number of nitrogens with one attached hydrogen (secondary N) is 1. The van der Waals surface area contributed by atoms with Crippen molar-refractivity contribution in [2.45, 2.75) is 19.3 Å².